The Morgan fingerprint density at radius 3 is 1.56 bits per heavy atom. The number of H-pyrrole nitrogens is 1. The first kappa shape index (κ1) is 48.6. The molecule has 3 N–H and O–H groups in total. The summed E-state index contributed by atoms with van der Waals surface area (Å²) in [6.07, 6.45) is 3.57. The SMILES string of the molecule is CCCCc1nc2c([nH]1)c(N)nc1cc(N3CCN(CCOCCOCCOCCOCCOCCOCCOCCOCCOCCOCCC(C)=O)CC3)ccc12. The summed E-state index contributed by atoms with van der Waals surface area (Å²) in [5.74, 6) is 1.60. The molecule has 17 nitrogen and oxygen atoms in total. The van der Waals surface area contributed by atoms with Crippen molar-refractivity contribution in [3.05, 3.63) is 24.0 Å². The maximum atomic E-state index is 10.8. The van der Waals surface area contributed by atoms with Gasteiger partial charge in [0.05, 0.1) is 138 Å². The molecular formula is C42H70N6O11. The molecule has 0 unspecified atom stereocenters. The summed E-state index contributed by atoms with van der Waals surface area (Å²) in [7, 11) is 0. The molecule has 0 spiro atoms. The minimum absolute atomic E-state index is 0.126. The number of benzene rings is 1. The van der Waals surface area contributed by atoms with Gasteiger partial charge in [-0.2, -0.15) is 0 Å². The number of Topliss-reactive ketones (excluding diaryl/α,β-unsaturated/α-hetero) is 1. The highest BCUT2D eigenvalue weighted by Crippen LogP contribution is 2.30. The molecule has 1 aliphatic heterocycles. The molecule has 0 saturated carbocycles. The smallest absolute Gasteiger partial charge is 0.150 e. The molecule has 2 aromatic heterocycles. The Hall–Kier alpha value is -3.07. The van der Waals surface area contributed by atoms with Crippen LogP contribution in [0.5, 0.6) is 0 Å². The Balaban J connectivity index is 0.848. The molecule has 0 bridgehead atoms. The van der Waals surface area contributed by atoms with Crippen molar-refractivity contribution in [2.75, 3.05) is 175 Å². The summed E-state index contributed by atoms with van der Waals surface area (Å²) in [6, 6.07) is 6.45. The fourth-order valence-corrected chi connectivity index (χ4v) is 6.18. The number of rotatable bonds is 37. The fourth-order valence-electron chi connectivity index (χ4n) is 6.18. The number of aryl methyl sites for hydroxylation is 1. The maximum absolute atomic E-state index is 10.8. The largest absolute Gasteiger partial charge is 0.382 e. The Labute approximate surface area is 349 Å². The molecule has 17 heteroatoms. The van der Waals surface area contributed by atoms with Crippen LogP contribution in [0.1, 0.15) is 38.9 Å². The molecule has 0 atom stereocenters. The van der Waals surface area contributed by atoms with Crippen LogP contribution in [0.4, 0.5) is 11.5 Å². The number of aromatic amines is 1. The van der Waals surface area contributed by atoms with Gasteiger partial charge in [-0.3, -0.25) is 9.69 Å². The van der Waals surface area contributed by atoms with E-state index in [2.05, 4.69) is 39.9 Å². The third kappa shape index (κ3) is 20.4. The molecule has 1 fully saturated rings. The first-order valence-corrected chi connectivity index (χ1v) is 21.4. The predicted octanol–water partition coefficient (Wildman–Crippen LogP) is 3.30. The van der Waals surface area contributed by atoms with Crippen molar-refractivity contribution < 1.29 is 52.2 Å². The van der Waals surface area contributed by atoms with Crippen molar-refractivity contribution in [2.45, 2.75) is 39.5 Å². The molecule has 1 aromatic carbocycles. The van der Waals surface area contributed by atoms with E-state index in [4.69, 9.17) is 63.1 Å². The number of piperazine rings is 1. The number of nitrogens with one attached hydrogen (secondary N) is 1. The van der Waals surface area contributed by atoms with Gasteiger partial charge in [0, 0.05) is 56.6 Å². The van der Waals surface area contributed by atoms with E-state index in [1.54, 1.807) is 6.92 Å². The van der Waals surface area contributed by atoms with Crippen molar-refractivity contribution in [1.82, 2.24) is 19.9 Å². The summed E-state index contributed by atoms with van der Waals surface area (Å²) >= 11 is 0. The summed E-state index contributed by atoms with van der Waals surface area (Å²) in [5.41, 5.74) is 10.1. The zero-order valence-corrected chi connectivity index (χ0v) is 35.6. The normalized spacial score (nSPS) is 13.7. The number of anilines is 2. The van der Waals surface area contributed by atoms with Crippen LogP contribution in [0.3, 0.4) is 0 Å². The number of hydrogen-bond acceptors (Lipinski definition) is 16. The van der Waals surface area contributed by atoms with Crippen molar-refractivity contribution in [3.8, 4) is 0 Å². The van der Waals surface area contributed by atoms with Crippen molar-refractivity contribution in [3.63, 3.8) is 0 Å². The van der Waals surface area contributed by atoms with Crippen LogP contribution in [0.15, 0.2) is 18.2 Å². The number of unbranched alkanes of at least 4 members (excludes halogenated alkanes) is 1. The molecule has 3 aromatic rings. The molecular weight excluding hydrogens is 764 g/mol. The van der Waals surface area contributed by atoms with E-state index in [-0.39, 0.29) is 5.78 Å². The monoisotopic (exact) mass is 835 g/mol. The quantitative estimate of drug-likeness (QED) is 0.0807. The van der Waals surface area contributed by atoms with Gasteiger partial charge in [-0.15, -0.1) is 0 Å². The third-order valence-electron chi connectivity index (χ3n) is 9.49. The number of nitrogens with two attached hydrogens (primary N) is 1. The maximum Gasteiger partial charge on any atom is 0.150 e. The van der Waals surface area contributed by atoms with Crippen LogP contribution in [-0.2, 0) is 58.6 Å². The lowest BCUT2D eigenvalue weighted by Crippen LogP contribution is -2.47. The van der Waals surface area contributed by atoms with Gasteiger partial charge in [-0.1, -0.05) is 13.3 Å². The molecule has 4 rings (SSSR count). The first-order chi connectivity index (χ1) is 29.0. The van der Waals surface area contributed by atoms with Gasteiger partial charge in [0.2, 0.25) is 0 Å². The van der Waals surface area contributed by atoms with E-state index in [1.807, 2.05) is 0 Å². The number of nitrogens with zero attached hydrogens (tertiary/aromatic N) is 4. The van der Waals surface area contributed by atoms with E-state index in [1.165, 1.54) is 0 Å². The zero-order chi connectivity index (χ0) is 41.6. The van der Waals surface area contributed by atoms with Crippen LogP contribution in [-0.4, -0.2) is 190 Å². The van der Waals surface area contributed by atoms with Crippen molar-refractivity contribution >= 4 is 39.2 Å². The lowest BCUT2D eigenvalue weighted by molar-refractivity contribution is -0.118. The minimum Gasteiger partial charge on any atom is -0.382 e. The summed E-state index contributed by atoms with van der Waals surface area (Å²) in [6.45, 7) is 18.7. The Bertz CT molecular complexity index is 1540. The Morgan fingerprint density at radius 2 is 1.10 bits per heavy atom. The number of carbonyl (C=O) groups excluding carboxylic acids is 1. The average Bonchev–Trinajstić information content (AvgIpc) is 3.68. The lowest BCUT2D eigenvalue weighted by atomic mass is 10.1. The van der Waals surface area contributed by atoms with Crippen LogP contribution in [0.25, 0.3) is 21.9 Å². The van der Waals surface area contributed by atoms with Gasteiger partial charge in [0.1, 0.15) is 28.5 Å². The van der Waals surface area contributed by atoms with Crippen molar-refractivity contribution in [2.24, 2.45) is 0 Å². The molecule has 0 aliphatic carbocycles. The summed E-state index contributed by atoms with van der Waals surface area (Å²) < 4.78 is 55.2. The Morgan fingerprint density at radius 1 is 0.644 bits per heavy atom. The minimum atomic E-state index is 0.126. The number of ether oxygens (including phenoxy) is 10. The van der Waals surface area contributed by atoms with Crippen LogP contribution < -0.4 is 10.6 Å². The second-order valence-corrected chi connectivity index (χ2v) is 14.1. The number of ketones is 1. The fraction of sp³-hybridized carbons (Fsp3) is 0.738. The predicted molar refractivity (Wildman–Crippen MR) is 227 cm³/mol. The number of aromatic nitrogens is 3. The highest BCUT2D eigenvalue weighted by Gasteiger charge is 2.19. The lowest BCUT2D eigenvalue weighted by Gasteiger charge is -2.36. The second-order valence-electron chi connectivity index (χ2n) is 14.1. The third-order valence-corrected chi connectivity index (χ3v) is 9.49. The topological polar surface area (TPSA) is 183 Å². The van der Waals surface area contributed by atoms with Crippen LogP contribution in [0.2, 0.25) is 0 Å². The number of hydrogen-bond donors (Lipinski definition) is 2. The van der Waals surface area contributed by atoms with E-state index in [0.717, 1.165) is 85.4 Å². The summed E-state index contributed by atoms with van der Waals surface area (Å²) in [5, 5.41) is 1.03. The molecule has 0 radical (unpaired) electrons. The number of nitrogen functional groups attached to an aromatic ring is 1. The number of carbonyl (C=O) groups is 1. The zero-order valence-electron chi connectivity index (χ0n) is 35.6. The van der Waals surface area contributed by atoms with Gasteiger partial charge >= 0.3 is 0 Å². The van der Waals surface area contributed by atoms with E-state index >= 15 is 0 Å². The molecule has 0 amide bonds. The van der Waals surface area contributed by atoms with Crippen LogP contribution >= 0.6 is 0 Å². The first-order valence-electron chi connectivity index (χ1n) is 21.4. The number of fused-ring (bicyclic) bond motifs is 3. The van der Waals surface area contributed by atoms with Gasteiger partial charge < -0.3 is 63.0 Å². The number of imidazole rings is 1. The Kier molecular flexibility index (Phi) is 25.4. The molecule has 1 saturated heterocycles. The van der Waals surface area contributed by atoms with Gasteiger partial charge in [0.15, 0.2) is 0 Å². The molecule has 1 aliphatic rings. The average molecular weight is 835 g/mol. The van der Waals surface area contributed by atoms with Gasteiger partial charge in [-0.25, -0.2) is 9.97 Å². The highest BCUT2D eigenvalue weighted by molar-refractivity contribution is 6.06. The van der Waals surface area contributed by atoms with E-state index in [9.17, 15) is 4.79 Å². The molecule has 3 heterocycles. The highest BCUT2D eigenvalue weighted by atomic mass is 16.6. The van der Waals surface area contributed by atoms with E-state index in [0.29, 0.717) is 144 Å². The standard InChI is InChI=1S/C42H70N6O11/c1-3-4-5-39-45-40-37-7-6-36(34-38(37)44-42(43)41(40)46-39)48-11-9-47(10-12-48)13-15-51-17-19-53-21-23-55-25-27-57-29-31-59-33-32-58-30-28-56-26-24-54-22-20-52-18-16-50-14-8-35(2)49/h6-7,34H,3-5,8-33H2,1-2H3,(H2,43,44)(H,45,46). The van der Waals surface area contributed by atoms with Crippen molar-refractivity contribution in [1.29, 1.82) is 0 Å². The molecule has 59 heavy (non-hydrogen) atoms. The summed E-state index contributed by atoms with van der Waals surface area (Å²) in [4.78, 5) is 28.6. The van der Waals surface area contributed by atoms with E-state index < -0.39 is 0 Å². The van der Waals surface area contributed by atoms with Gasteiger partial charge in [-0.05, 0) is 31.5 Å². The second kappa shape index (κ2) is 30.9. The molecule has 334 valence electrons. The van der Waals surface area contributed by atoms with Crippen LogP contribution in [0, 0.1) is 0 Å². The van der Waals surface area contributed by atoms with Gasteiger partial charge in [0.25, 0.3) is 0 Å². The number of pyridine rings is 1.